The number of nitrogens with zero attached hydrogens (tertiary/aromatic N) is 1. The van der Waals surface area contributed by atoms with Gasteiger partial charge in [-0.1, -0.05) is 26.7 Å². The van der Waals surface area contributed by atoms with Gasteiger partial charge in [0.2, 0.25) is 0 Å². The number of aromatic nitrogens is 1. The van der Waals surface area contributed by atoms with Gasteiger partial charge in [0.1, 0.15) is 5.01 Å². The SMILES string of the molecule is CCC(CC)C(O)CNCc1cnc(-c2ccsc2)s1. The van der Waals surface area contributed by atoms with Crippen molar-refractivity contribution in [1.29, 1.82) is 0 Å². The highest BCUT2D eigenvalue weighted by molar-refractivity contribution is 7.15. The summed E-state index contributed by atoms with van der Waals surface area (Å²) in [4.78, 5) is 5.66. The van der Waals surface area contributed by atoms with Crippen molar-refractivity contribution in [1.82, 2.24) is 10.3 Å². The Morgan fingerprint density at radius 2 is 2.15 bits per heavy atom. The summed E-state index contributed by atoms with van der Waals surface area (Å²) >= 11 is 3.41. The Bertz CT molecular complexity index is 492. The lowest BCUT2D eigenvalue weighted by atomic mass is 9.97. The van der Waals surface area contributed by atoms with E-state index in [2.05, 4.69) is 41.0 Å². The molecule has 2 rings (SSSR count). The smallest absolute Gasteiger partial charge is 0.124 e. The van der Waals surface area contributed by atoms with Gasteiger partial charge in [-0.3, -0.25) is 0 Å². The van der Waals surface area contributed by atoms with Crippen LogP contribution in [-0.4, -0.2) is 22.7 Å². The molecule has 0 saturated carbocycles. The Morgan fingerprint density at radius 3 is 2.80 bits per heavy atom. The number of rotatable bonds is 8. The topological polar surface area (TPSA) is 45.1 Å². The molecule has 5 heteroatoms. The second-order valence-corrected chi connectivity index (χ2v) is 6.81. The molecule has 0 saturated heterocycles. The summed E-state index contributed by atoms with van der Waals surface area (Å²) < 4.78 is 0. The molecule has 2 N–H and O–H groups in total. The van der Waals surface area contributed by atoms with Crippen LogP contribution in [0.3, 0.4) is 0 Å². The first kappa shape index (κ1) is 15.6. The minimum atomic E-state index is -0.255. The minimum absolute atomic E-state index is 0.255. The zero-order chi connectivity index (χ0) is 14.4. The highest BCUT2D eigenvalue weighted by Crippen LogP contribution is 2.26. The van der Waals surface area contributed by atoms with E-state index in [-0.39, 0.29) is 6.10 Å². The predicted molar refractivity (Wildman–Crippen MR) is 87.2 cm³/mol. The summed E-state index contributed by atoms with van der Waals surface area (Å²) in [5, 5.41) is 18.7. The third-order valence-electron chi connectivity index (χ3n) is 3.57. The lowest BCUT2D eigenvalue weighted by molar-refractivity contribution is 0.101. The second-order valence-electron chi connectivity index (χ2n) is 4.92. The van der Waals surface area contributed by atoms with E-state index >= 15 is 0 Å². The Kier molecular flexibility index (Phi) is 6.16. The van der Waals surface area contributed by atoms with E-state index in [9.17, 15) is 5.11 Å². The Labute approximate surface area is 128 Å². The van der Waals surface area contributed by atoms with Crippen molar-refractivity contribution in [2.75, 3.05) is 6.54 Å². The van der Waals surface area contributed by atoms with Crippen LogP contribution in [0.2, 0.25) is 0 Å². The lowest BCUT2D eigenvalue weighted by Crippen LogP contribution is -2.32. The Morgan fingerprint density at radius 1 is 1.35 bits per heavy atom. The zero-order valence-electron chi connectivity index (χ0n) is 12.0. The van der Waals surface area contributed by atoms with Crippen LogP contribution in [0, 0.1) is 5.92 Å². The molecule has 20 heavy (non-hydrogen) atoms. The van der Waals surface area contributed by atoms with E-state index in [0.717, 1.165) is 24.4 Å². The van der Waals surface area contributed by atoms with Crippen molar-refractivity contribution >= 4 is 22.7 Å². The third kappa shape index (κ3) is 4.12. The molecular formula is C15H22N2OS2. The minimum Gasteiger partial charge on any atom is -0.392 e. The predicted octanol–water partition coefficient (Wildman–Crippen LogP) is 3.76. The van der Waals surface area contributed by atoms with E-state index in [1.807, 2.05) is 6.20 Å². The van der Waals surface area contributed by atoms with Gasteiger partial charge in [-0.15, -0.1) is 11.3 Å². The monoisotopic (exact) mass is 310 g/mol. The number of nitrogens with one attached hydrogen (secondary N) is 1. The fourth-order valence-electron chi connectivity index (χ4n) is 2.25. The first-order valence-corrected chi connectivity index (χ1v) is 8.86. The van der Waals surface area contributed by atoms with Gasteiger partial charge in [-0.05, 0) is 17.4 Å². The lowest BCUT2D eigenvalue weighted by Gasteiger charge is -2.20. The van der Waals surface area contributed by atoms with Gasteiger partial charge in [-0.25, -0.2) is 4.98 Å². The van der Waals surface area contributed by atoms with Crippen LogP contribution in [0.15, 0.2) is 23.0 Å². The summed E-state index contributed by atoms with van der Waals surface area (Å²) in [5.41, 5.74) is 1.20. The van der Waals surface area contributed by atoms with E-state index < -0.39 is 0 Å². The van der Waals surface area contributed by atoms with Crippen molar-refractivity contribution in [3.8, 4) is 10.6 Å². The van der Waals surface area contributed by atoms with Crippen molar-refractivity contribution < 1.29 is 5.11 Å². The molecule has 1 unspecified atom stereocenters. The fourth-order valence-corrected chi connectivity index (χ4v) is 3.84. The van der Waals surface area contributed by atoms with Gasteiger partial charge >= 0.3 is 0 Å². The van der Waals surface area contributed by atoms with Gasteiger partial charge in [0.05, 0.1) is 6.10 Å². The Hall–Kier alpha value is -0.750. The highest BCUT2D eigenvalue weighted by atomic mass is 32.1. The van der Waals surface area contributed by atoms with Crippen LogP contribution in [0.4, 0.5) is 0 Å². The van der Waals surface area contributed by atoms with Crippen molar-refractivity contribution in [2.45, 2.75) is 39.3 Å². The number of aliphatic hydroxyl groups is 1. The molecule has 0 aromatic carbocycles. The second kappa shape index (κ2) is 7.88. The molecule has 0 aliphatic heterocycles. The van der Waals surface area contributed by atoms with Crippen LogP contribution < -0.4 is 5.32 Å². The van der Waals surface area contributed by atoms with Crippen LogP contribution in [0.1, 0.15) is 31.6 Å². The highest BCUT2D eigenvalue weighted by Gasteiger charge is 2.14. The third-order valence-corrected chi connectivity index (χ3v) is 5.30. The molecule has 2 aromatic heterocycles. The fraction of sp³-hybridized carbons (Fsp3) is 0.533. The van der Waals surface area contributed by atoms with Crippen molar-refractivity contribution in [3.05, 3.63) is 27.9 Å². The molecule has 0 fully saturated rings. The van der Waals surface area contributed by atoms with Crippen molar-refractivity contribution in [3.63, 3.8) is 0 Å². The molecule has 0 spiro atoms. The van der Waals surface area contributed by atoms with E-state index in [0.29, 0.717) is 12.5 Å². The van der Waals surface area contributed by atoms with Crippen LogP contribution in [0.5, 0.6) is 0 Å². The maximum Gasteiger partial charge on any atom is 0.124 e. The molecule has 0 amide bonds. The molecule has 0 bridgehead atoms. The normalized spacial score (nSPS) is 13.0. The molecule has 1 atom stereocenters. The molecule has 0 aliphatic rings. The van der Waals surface area contributed by atoms with E-state index in [1.54, 1.807) is 22.7 Å². The Balaban J connectivity index is 1.80. The first-order valence-electron chi connectivity index (χ1n) is 7.10. The number of hydrogen-bond acceptors (Lipinski definition) is 5. The number of aliphatic hydroxyl groups excluding tert-OH is 1. The zero-order valence-corrected chi connectivity index (χ0v) is 13.6. The first-order chi connectivity index (χ1) is 9.74. The summed E-state index contributed by atoms with van der Waals surface area (Å²) in [7, 11) is 0. The largest absolute Gasteiger partial charge is 0.392 e. The average Bonchev–Trinajstić information content (AvgIpc) is 3.10. The molecule has 2 heterocycles. The van der Waals surface area contributed by atoms with E-state index in [4.69, 9.17) is 0 Å². The summed E-state index contributed by atoms with van der Waals surface area (Å²) in [5.74, 6) is 0.394. The number of thiophene rings is 1. The van der Waals surface area contributed by atoms with Crippen molar-refractivity contribution in [2.24, 2.45) is 5.92 Å². The van der Waals surface area contributed by atoms with Gasteiger partial charge in [0, 0.05) is 35.1 Å². The molecule has 0 radical (unpaired) electrons. The number of hydrogen-bond donors (Lipinski definition) is 2. The quantitative estimate of drug-likeness (QED) is 0.780. The maximum absolute atomic E-state index is 10.1. The summed E-state index contributed by atoms with van der Waals surface area (Å²) in [6.45, 7) is 5.69. The maximum atomic E-state index is 10.1. The van der Waals surface area contributed by atoms with Crippen LogP contribution in [-0.2, 0) is 6.54 Å². The van der Waals surface area contributed by atoms with Gasteiger partial charge in [-0.2, -0.15) is 11.3 Å². The summed E-state index contributed by atoms with van der Waals surface area (Å²) in [6.07, 6.45) is 3.73. The average molecular weight is 310 g/mol. The van der Waals surface area contributed by atoms with E-state index in [1.165, 1.54) is 10.4 Å². The molecule has 2 aromatic rings. The van der Waals surface area contributed by atoms with Crippen LogP contribution >= 0.6 is 22.7 Å². The molecular weight excluding hydrogens is 288 g/mol. The molecule has 110 valence electrons. The van der Waals surface area contributed by atoms with Gasteiger partial charge in [0.15, 0.2) is 0 Å². The van der Waals surface area contributed by atoms with Crippen LogP contribution in [0.25, 0.3) is 10.6 Å². The van der Waals surface area contributed by atoms with Gasteiger partial charge < -0.3 is 10.4 Å². The molecule has 0 aliphatic carbocycles. The van der Waals surface area contributed by atoms with Gasteiger partial charge in [0.25, 0.3) is 0 Å². The molecule has 3 nitrogen and oxygen atoms in total. The standard InChI is InChI=1S/C15H22N2OS2/c1-3-11(4-2)14(18)9-16-7-13-8-17-15(20-13)12-5-6-19-10-12/h5-6,8,10-11,14,16,18H,3-4,7,9H2,1-2H3. The number of thiazole rings is 1. The summed E-state index contributed by atoms with van der Waals surface area (Å²) in [6, 6.07) is 2.09.